The van der Waals surface area contributed by atoms with Crippen LogP contribution in [-0.4, -0.2) is 23.0 Å². The maximum absolute atomic E-state index is 7.57. The van der Waals surface area contributed by atoms with Crippen LogP contribution in [0.25, 0.3) is 0 Å². The summed E-state index contributed by atoms with van der Waals surface area (Å²) in [5, 5.41) is 12.2. The van der Waals surface area contributed by atoms with Gasteiger partial charge in [-0.15, -0.1) is 18.8 Å². The van der Waals surface area contributed by atoms with E-state index in [4.69, 9.17) is 5.11 Å². The Morgan fingerprint density at radius 1 is 0.714 bits per heavy atom. The Morgan fingerprint density at radius 3 is 1.57 bits per heavy atom. The van der Waals surface area contributed by atoms with Crippen molar-refractivity contribution < 1.29 is 22.2 Å². The van der Waals surface area contributed by atoms with Gasteiger partial charge in [0.05, 0.1) is 0 Å². The van der Waals surface area contributed by atoms with Crippen molar-refractivity contribution in [2.75, 3.05) is 6.61 Å². The fourth-order valence-electron chi connectivity index (χ4n) is 6.73. The summed E-state index contributed by atoms with van der Waals surface area (Å²) < 4.78 is 0. The minimum Gasteiger partial charge on any atom is -0.397 e. The van der Waals surface area contributed by atoms with Gasteiger partial charge < -0.3 is 5.11 Å². The molecule has 226 valence electrons. The van der Waals surface area contributed by atoms with Gasteiger partial charge in [0, 0.05) is 6.61 Å². The molecule has 0 saturated heterocycles. The molecular weight excluding hydrogens is 590 g/mol. The first-order valence-corrected chi connectivity index (χ1v) is 18.8. The standard InChI is InChI=1S/C31H39P2.C5H5.C2H6O.Fe/c1-25(32(26-15-6-2-7-16-26)27-17-8-3-9-18-27)30-23-14-24-31(30)33(28-19-10-4-11-20-28)29-21-12-5-13-22-29;1-2-4-5-3-1;1-2-3;/h4-5,10-14,19-27H,2-3,6-9,15-18H2,1H3;1-5H;3H,2H2,1H3;/q2*-1;;+2. The van der Waals surface area contributed by atoms with Gasteiger partial charge in [-0.1, -0.05) is 106 Å². The predicted octanol–water partition coefficient (Wildman–Crippen LogP) is 9.77. The summed E-state index contributed by atoms with van der Waals surface area (Å²) in [7, 11) is -0.489. The molecule has 2 aliphatic carbocycles. The molecule has 0 aliphatic heterocycles. The van der Waals surface area contributed by atoms with Crippen LogP contribution >= 0.6 is 15.8 Å². The van der Waals surface area contributed by atoms with Crippen LogP contribution in [0.1, 0.15) is 89.3 Å². The average molecular weight is 641 g/mol. The third kappa shape index (κ3) is 10.0. The molecule has 0 bridgehead atoms. The van der Waals surface area contributed by atoms with E-state index in [2.05, 4.69) is 85.8 Å². The number of benzene rings is 2. The first-order valence-electron chi connectivity index (χ1n) is 15.9. The van der Waals surface area contributed by atoms with Crippen LogP contribution in [0.2, 0.25) is 0 Å². The van der Waals surface area contributed by atoms with Crippen molar-refractivity contribution in [1.82, 2.24) is 0 Å². The van der Waals surface area contributed by atoms with E-state index >= 15 is 0 Å². The van der Waals surface area contributed by atoms with E-state index in [-0.39, 0.29) is 31.6 Å². The Kier molecular flexibility index (Phi) is 16.4. The maximum atomic E-state index is 7.57. The second-order valence-corrected chi connectivity index (χ2v) is 16.7. The fourth-order valence-corrected chi connectivity index (χ4v) is 13.7. The minimum absolute atomic E-state index is 0. The van der Waals surface area contributed by atoms with E-state index in [0.29, 0.717) is 5.66 Å². The molecule has 1 unspecified atom stereocenters. The summed E-state index contributed by atoms with van der Waals surface area (Å²) >= 11 is 0. The second-order valence-electron chi connectivity index (χ2n) is 11.4. The van der Waals surface area contributed by atoms with Crippen molar-refractivity contribution in [3.63, 3.8) is 0 Å². The Balaban J connectivity index is 0.000000473. The summed E-state index contributed by atoms with van der Waals surface area (Å²) in [6.07, 6.45) is 14.8. The van der Waals surface area contributed by atoms with Gasteiger partial charge in [-0.05, 0) is 68.1 Å². The van der Waals surface area contributed by atoms with E-state index in [1.165, 1.54) is 74.8 Å². The minimum atomic E-state index is -0.511. The Labute approximate surface area is 269 Å². The zero-order valence-electron chi connectivity index (χ0n) is 25.6. The molecule has 0 spiro atoms. The zero-order valence-corrected chi connectivity index (χ0v) is 28.5. The maximum Gasteiger partial charge on any atom is 2.00 e. The smallest absolute Gasteiger partial charge is 0.397 e. The molecule has 2 fully saturated rings. The average Bonchev–Trinajstić information content (AvgIpc) is 3.77. The van der Waals surface area contributed by atoms with Gasteiger partial charge in [0.2, 0.25) is 0 Å². The van der Waals surface area contributed by atoms with Gasteiger partial charge in [0.15, 0.2) is 0 Å². The molecule has 4 aromatic carbocycles. The van der Waals surface area contributed by atoms with Crippen molar-refractivity contribution in [3.05, 3.63) is 115 Å². The molecule has 1 atom stereocenters. The van der Waals surface area contributed by atoms with Crippen LogP contribution in [0.4, 0.5) is 0 Å². The summed E-state index contributed by atoms with van der Waals surface area (Å²) in [5.74, 6) is 0. The van der Waals surface area contributed by atoms with Crippen molar-refractivity contribution in [3.8, 4) is 0 Å². The number of aliphatic hydroxyl groups is 1. The number of rotatable bonds is 7. The summed E-state index contributed by atoms with van der Waals surface area (Å²) in [6, 6.07) is 39.9. The molecule has 0 heterocycles. The third-order valence-corrected chi connectivity index (χ3v) is 15.0. The summed E-state index contributed by atoms with van der Waals surface area (Å²) in [5.41, 5.74) is 4.38. The van der Waals surface area contributed by atoms with Crippen LogP contribution in [-0.2, 0) is 17.1 Å². The third-order valence-electron chi connectivity index (χ3n) is 8.54. The topological polar surface area (TPSA) is 20.2 Å². The van der Waals surface area contributed by atoms with Crippen molar-refractivity contribution in [2.24, 2.45) is 0 Å². The zero-order chi connectivity index (χ0) is 28.7. The van der Waals surface area contributed by atoms with Crippen LogP contribution in [0, 0.1) is 0 Å². The molecule has 0 aromatic heterocycles. The second kappa shape index (κ2) is 19.7. The number of hydrogen-bond acceptors (Lipinski definition) is 1. The molecule has 6 rings (SSSR count). The van der Waals surface area contributed by atoms with Crippen LogP contribution in [0.5, 0.6) is 0 Å². The Bertz CT molecular complexity index is 1100. The molecule has 0 amide bonds. The molecule has 1 N–H and O–H groups in total. The van der Waals surface area contributed by atoms with Crippen LogP contribution in [0.3, 0.4) is 0 Å². The molecule has 2 aliphatic rings. The Hall–Kier alpha value is -1.52. The molecule has 2 saturated carbocycles. The largest absolute Gasteiger partial charge is 2.00 e. The normalized spacial score (nSPS) is 16.5. The van der Waals surface area contributed by atoms with E-state index in [1.54, 1.807) is 17.8 Å². The molecule has 4 heteroatoms. The van der Waals surface area contributed by atoms with E-state index in [9.17, 15) is 0 Å². The first kappa shape index (κ1) is 35.0. The van der Waals surface area contributed by atoms with Gasteiger partial charge in [0.1, 0.15) is 0 Å². The summed E-state index contributed by atoms with van der Waals surface area (Å²) in [4.78, 5) is 0. The predicted molar refractivity (Wildman–Crippen MR) is 185 cm³/mol. The number of aliphatic hydroxyl groups excluding tert-OH is 1. The van der Waals surface area contributed by atoms with Crippen LogP contribution < -0.4 is 15.9 Å². The Morgan fingerprint density at radius 2 is 1.17 bits per heavy atom. The molecule has 42 heavy (non-hydrogen) atoms. The van der Waals surface area contributed by atoms with Crippen LogP contribution in [0.15, 0.2) is 109 Å². The monoisotopic (exact) mass is 640 g/mol. The van der Waals surface area contributed by atoms with Gasteiger partial charge in [-0.3, -0.25) is 0 Å². The van der Waals surface area contributed by atoms with E-state index in [1.807, 2.05) is 30.3 Å². The van der Waals surface area contributed by atoms with Gasteiger partial charge in [-0.2, -0.15) is 24.3 Å². The first-order chi connectivity index (χ1) is 20.2. The molecule has 4 aromatic rings. The van der Waals surface area contributed by atoms with Gasteiger partial charge in [-0.25, -0.2) is 24.3 Å². The number of hydrogen-bond donors (Lipinski definition) is 1. The quantitative estimate of drug-likeness (QED) is 0.121. The molecule has 0 radical (unpaired) electrons. The summed E-state index contributed by atoms with van der Waals surface area (Å²) in [6.45, 7) is 4.55. The fraction of sp³-hybridized carbons (Fsp3) is 0.421. The van der Waals surface area contributed by atoms with E-state index in [0.717, 1.165) is 11.3 Å². The van der Waals surface area contributed by atoms with Gasteiger partial charge in [0.25, 0.3) is 0 Å². The van der Waals surface area contributed by atoms with Crippen molar-refractivity contribution in [2.45, 2.75) is 95.0 Å². The SMILES string of the molecule is CC([c-]1cccc1P(c1ccccc1)c1ccccc1)P(C1CCCCC1)C1CCCCC1.CCO.[Fe+2].c1cc[cH-]c1. The van der Waals surface area contributed by atoms with Gasteiger partial charge >= 0.3 is 17.1 Å². The van der Waals surface area contributed by atoms with Crippen molar-refractivity contribution >= 4 is 31.8 Å². The van der Waals surface area contributed by atoms with E-state index < -0.39 is 7.92 Å². The molecule has 1 nitrogen and oxygen atoms in total. The van der Waals surface area contributed by atoms with Crippen molar-refractivity contribution in [1.29, 1.82) is 0 Å². The molecular formula is C38H50FeOP2.